The summed E-state index contributed by atoms with van der Waals surface area (Å²) in [5.41, 5.74) is 0.763. The molecule has 1 aliphatic heterocycles. The largest absolute Gasteiger partial charge is 0.503 e. The molecule has 29 heavy (non-hydrogen) atoms. The minimum Gasteiger partial charge on any atom is -0.503 e. The lowest BCUT2D eigenvalue weighted by Crippen LogP contribution is -2.30. The second-order valence-electron chi connectivity index (χ2n) is 6.01. The molecule has 4 rings (SSSR count). The first-order valence-corrected chi connectivity index (χ1v) is 11.3. The number of nitrogens with zero attached hydrogens (tertiary/aromatic N) is 3. The van der Waals surface area contributed by atoms with Crippen LogP contribution in [0.1, 0.15) is 21.3 Å². The highest BCUT2D eigenvalue weighted by Gasteiger charge is 2.46. The van der Waals surface area contributed by atoms with E-state index in [0.29, 0.717) is 25.7 Å². The predicted octanol–water partition coefficient (Wildman–Crippen LogP) is 4.66. The minimum atomic E-state index is -0.775. The van der Waals surface area contributed by atoms with E-state index in [-0.39, 0.29) is 11.4 Å². The lowest BCUT2D eigenvalue weighted by atomic mass is 9.96. The van der Waals surface area contributed by atoms with Gasteiger partial charge < -0.3 is 5.11 Å². The molecule has 0 fully saturated rings. The number of aromatic nitrogens is 2. The number of carbonyl (C=O) groups excluding carboxylic acids is 2. The van der Waals surface area contributed by atoms with Crippen LogP contribution in [0.4, 0.5) is 5.13 Å². The maximum absolute atomic E-state index is 13.1. The molecule has 0 saturated heterocycles. The number of Topliss-reactive ketones (excluding diaryl/α,β-unsaturated/α-hetero) is 1. The van der Waals surface area contributed by atoms with Crippen LogP contribution in [0.5, 0.6) is 0 Å². The van der Waals surface area contributed by atoms with E-state index in [1.807, 2.05) is 30.3 Å². The fourth-order valence-electron chi connectivity index (χ4n) is 3.01. The van der Waals surface area contributed by atoms with E-state index >= 15 is 0 Å². The maximum Gasteiger partial charge on any atom is 0.296 e. The van der Waals surface area contributed by atoms with Crippen molar-refractivity contribution < 1.29 is 14.7 Å². The van der Waals surface area contributed by atoms with Crippen molar-refractivity contribution in [1.82, 2.24) is 10.2 Å². The van der Waals surface area contributed by atoms with Gasteiger partial charge in [-0.15, -0.1) is 28.1 Å². The van der Waals surface area contributed by atoms with Crippen LogP contribution in [0.25, 0.3) is 0 Å². The van der Waals surface area contributed by atoms with Crippen LogP contribution in [0.15, 0.2) is 76.2 Å². The predicted molar refractivity (Wildman–Crippen MR) is 116 cm³/mol. The van der Waals surface area contributed by atoms with Gasteiger partial charge in [-0.1, -0.05) is 65.6 Å². The van der Waals surface area contributed by atoms with Gasteiger partial charge in [0, 0.05) is 5.75 Å². The van der Waals surface area contributed by atoms with Gasteiger partial charge in [-0.3, -0.25) is 14.5 Å². The third-order valence-corrected chi connectivity index (χ3v) is 7.16. The zero-order chi connectivity index (χ0) is 20.4. The Morgan fingerprint density at radius 3 is 2.72 bits per heavy atom. The van der Waals surface area contributed by atoms with Gasteiger partial charge >= 0.3 is 0 Å². The van der Waals surface area contributed by atoms with E-state index in [9.17, 15) is 14.7 Å². The first kappa shape index (κ1) is 19.6. The van der Waals surface area contributed by atoms with Gasteiger partial charge in [-0.2, -0.15) is 0 Å². The summed E-state index contributed by atoms with van der Waals surface area (Å²) in [7, 11) is 0. The molecule has 3 aromatic rings. The van der Waals surface area contributed by atoms with Crippen LogP contribution in [-0.4, -0.2) is 32.7 Å². The maximum atomic E-state index is 13.1. The number of rotatable bonds is 7. The fraction of sp³-hybridized carbons (Fsp3) is 0.100. The molecule has 1 aliphatic rings. The number of carbonyl (C=O) groups is 2. The monoisotopic (exact) mass is 441 g/mol. The molecule has 9 heteroatoms. The molecule has 2 aromatic heterocycles. The summed E-state index contributed by atoms with van der Waals surface area (Å²) in [6, 6.07) is 11.8. The lowest BCUT2D eigenvalue weighted by molar-refractivity contribution is -0.117. The lowest BCUT2D eigenvalue weighted by Gasteiger charge is -2.23. The Kier molecular flexibility index (Phi) is 5.61. The second kappa shape index (κ2) is 8.32. The Bertz CT molecular complexity index is 1090. The average molecular weight is 442 g/mol. The van der Waals surface area contributed by atoms with Crippen molar-refractivity contribution in [2.24, 2.45) is 0 Å². The zero-order valence-corrected chi connectivity index (χ0v) is 17.5. The van der Waals surface area contributed by atoms with Gasteiger partial charge in [0.1, 0.15) is 0 Å². The number of aliphatic hydroxyl groups excluding tert-OH is 1. The highest BCUT2D eigenvalue weighted by atomic mass is 32.2. The summed E-state index contributed by atoms with van der Waals surface area (Å²) in [6.45, 7) is 3.68. The van der Waals surface area contributed by atoms with E-state index < -0.39 is 17.7 Å². The molecule has 1 aromatic carbocycles. The number of ketones is 1. The molecule has 0 unspecified atom stereocenters. The number of anilines is 1. The molecule has 0 saturated carbocycles. The first-order chi connectivity index (χ1) is 14.1. The number of hydrogen-bond acceptors (Lipinski definition) is 8. The van der Waals surface area contributed by atoms with Crippen LogP contribution in [0.3, 0.4) is 0 Å². The molecule has 1 amide bonds. The molecule has 0 spiro atoms. The Labute approximate surface area is 179 Å². The highest BCUT2D eigenvalue weighted by Crippen LogP contribution is 2.43. The summed E-state index contributed by atoms with van der Waals surface area (Å²) < 4.78 is 0.678. The van der Waals surface area contributed by atoms with E-state index in [2.05, 4.69) is 16.8 Å². The quantitative estimate of drug-likeness (QED) is 0.248. The average Bonchev–Trinajstić information content (AvgIpc) is 3.48. The standard InChI is InChI=1S/C20H15N3O3S3/c1-2-10-28-20-22-21-19(29-20)23-15(12-7-4-3-5-8-12)14(17(25)18(23)26)16(24)13-9-6-11-27-13/h2-9,11,15,25H,1,10H2/t15-/m1/s1. The first-order valence-electron chi connectivity index (χ1n) is 8.59. The van der Waals surface area contributed by atoms with E-state index in [0.717, 1.165) is 0 Å². The summed E-state index contributed by atoms with van der Waals surface area (Å²) in [4.78, 5) is 27.9. The van der Waals surface area contributed by atoms with Crippen molar-refractivity contribution in [2.45, 2.75) is 10.4 Å². The number of hydrogen-bond donors (Lipinski definition) is 1. The highest BCUT2D eigenvalue weighted by molar-refractivity contribution is 8.01. The third-order valence-electron chi connectivity index (χ3n) is 4.24. The van der Waals surface area contributed by atoms with Gasteiger partial charge in [0.2, 0.25) is 10.9 Å². The van der Waals surface area contributed by atoms with E-state index in [1.54, 1.807) is 23.6 Å². The number of amides is 1. The summed E-state index contributed by atoms with van der Waals surface area (Å²) >= 11 is 3.95. The van der Waals surface area contributed by atoms with E-state index in [4.69, 9.17) is 0 Å². The molecule has 1 N–H and O–H groups in total. The molecule has 0 radical (unpaired) electrons. The molecular weight excluding hydrogens is 426 g/mol. The molecule has 3 heterocycles. The van der Waals surface area contributed by atoms with Crippen molar-refractivity contribution in [2.75, 3.05) is 10.7 Å². The third kappa shape index (κ3) is 3.64. The van der Waals surface area contributed by atoms with Crippen molar-refractivity contribution >= 4 is 51.3 Å². The van der Waals surface area contributed by atoms with Gasteiger partial charge in [-0.05, 0) is 17.0 Å². The number of thioether (sulfide) groups is 1. The SMILES string of the molecule is C=CCSc1nnc(N2C(=O)C(O)=C(C(=O)c3cccs3)[C@H]2c2ccccc2)s1. The van der Waals surface area contributed by atoms with Crippen LogP contribution in [0.2, 0.25) is 0 Å². The molecule has 6 nitrogen and oxygen atoms in total. The van der Waals surface area contributed by atoms with Crippen molar-refractivity contribution in [3.05, 3.63) is 82.3 Å². The summed E-state index contributed by atoms with van der Waals surface area (Å²) in [6.07, 6.45) is 1.75. The Morgan fingerprint density at radius 1 is 1.24 bits per heavy atom. The summed E-state index contributed by atoms with van der Waals surface area (Å²) in [5, 5.41) is 21.0. The minimum absolute atomic E-state index is 0.0548. The molecule has 0 bridgehead atoms. The number of benzene rings is 1. The van der Waals surface area contributed by atoms with Crippen molar-refractivity contribution in [3.63, 3.8) is 0 Å². The number of aliphatic hydroxyl groups is 1. The van der Waals surface area contributed by atoms with Gasteiger partial charge in [0.25, 0.3) is 5.91 Å². The Hall–Kier alpha value is -2.75. The van der Waals surface area contributed by atoms with Crippen molar-refractivity contribution in [1.29, 1.82) is 0 Å². The summed E-state index contributed by atoms with van der Waals surface area (Å²) in [5.74, 6) is -0.910. The molecule has 146 valence electrons. The zero-order valence-electron chi connectivity index (χ0n) is 15.0. The van der Waals surface area contributed by atoms with Crippen LogP contribution < -0.4 is 4.90 Å². The molecule has 0 aliphatic carbocycles. The van der Waals surface area contributed by atoms with E-state index in [1.165, 1.54) is 39.3 Å². The Balaban J connectivity index is 1.79. The van der Waals surface area contributed by atoms with Crippen LogP contribution >= 0.6 is 34.4 Å². The molecular formula is C20H15N3O3S3. The van der Waals surface area contributed by atoms with Crippen LogP contribution in [0, 0.1) is 0 Å². The van der Waals surface area contributed by atoms with Crippen molar-refractivity contribution in [3.8, 4) is 0 Å². The van der Waals surface area contributed by atoms with Gasteiger partial charge in [0.05, 0.1) is 16.5 Å². The normalized spacial score (nSPS) is 16.5. The fourth-order valence-corrected chi connectivity index (χ4v) is 5.32. The topological polar surface area (TPSA) is 83.4 Å². The van der Waals surface area contributed by atoms with Crippen LogP contribution in [-0.2, 0) is 4.79 Å². The molecule has 1 atom stereocenters. The van der Waals surface area contributed by atoms with Gasteiger partial charge in [-0.25, -0.2) is 0 Å². The van der Waals surface area contributed by atoms with Gasteiger partial charge in [0.15, 0.2) is 10.1 Å². The smallest absolute Gasteiger partial charge is 0.296 e. The number of thiophene rings is 1. The Morgan fingerprint density at radius 2 is 2.03 bits per heavy atom. The second-order valence-corrected chi connectivity index (χ2v) is 9.18.